The molecule has 2 bridgehead atoms. The second kappa shape index (κ2) is 5.15. The summed E-state index contributed by atoms with van der Waals surface area (Å²) in [5.41, 5.74) is 0. The number of hydrogen-bond acceptors (Lipinski definition) is 1. The molecule has 18 heavy (non-hydrogen) atoms. The van der Waals surface area contributed by atoms with Crippen molar-refractivity contribution in [2.45, 2.75) is 71.3 Å². The molecule has 3 aliphatic rings. The van der Waals surface area contributed by atoms with Gasteiger partial charge < -0.3 is 5.11 Å². The normalized spacial score (nSPS) is 49.5. The summed E-state index contributed by atoms with van der Waals surface area (Å²) in [4.78, 5) is 0. The molecule has 6 unspecified atom stereocenters. The number of aliphatic hydroxyl groups is 1. The maximum atomic E-state index is 10.6. The van der Waals surface area contributed by atoms with Gasteiger partial charge in [-0.1, -0.05) is 20.3 Å². The van der Waals surface area contributed by atoms with Crippen molar-refractivity contribution in [2.24, 2.45) is 35.5 Å². The Hall–Kier alpha value is -0.0400. The van der Waals surface area contributed by atoms with Crippen LogP contribution in [0.3, 0.4) is 0 Å². The third kappa shape index (κ3) is 2.61. The quantitative estimate of drug-likeness (QED) is 0.794. The highest BCUT2D eigenvalue weighted by Gasteiger charge is 2.41. The summed E-state index contributed by atoms with van der Waals surface area (Å²) in [5, 5.41) is 10.6. The first-order valence-electron chi connectivity index (χ1n) is 8.30. The second-order valence-electron chi connectivity index (χ2n) is 7.92. The molecule has 3 rings (SSSR count). The smallest absolute Gasteiger partial charge is 0.0571 e. The molecule has 0 aromatic rings. The van der Waals surface area contributed by atoms with Crippen LogP contribution in [-0.4, -0.2) is 11.2 Å². The lowest BCUT2D eigenvalue weighted by Crippen LogP contribution is -2.31. The van der Waals surface area contributed by atoms with Gasteiger partial charge in [0.1, 0.15) is 0 Å². The van der Waals surface area contributed by atoms with Crippen molar-refractivity contribution >= 4 is 0 Å². The molecule has 0 aromatic heterocycles. The molecule has 0 aliphatic heterocycles. The van der Waals surface area contributed by atoms with E-state index in [0.29, 0.717) is 5.92 Å². The average molecular weight is 250 g/mol. The standard InChI is InChI=1S/C17H30O/c1-11-5-12(2)7-16(6-11)17(18)10-15-9-13-3-4-14(15)8-13/h11-18H,3-10H2,1-2H3. The first kappa shape index (κ1) is 13.0. The maximum absolute atomic E-state index is 10.6. The molecule has 3 aliphatic carbocycles. The van der Waals surface area contributed by atoms with E-state index in [-0.39, 0.29) is 6.10 Å². The maximum Gasteiger partial charge on any atom is 0.0571 e. The lowest BCUT2D eigenvalue weighted by atomic mass is 9.72. The van der Waals surface area contributed by atoms with E-state index in [9.17, 15) is 5.11 Å². The molecule has 104 valence electrons. The largest absolute Gasteiger partial charge is 0.393 e. The predicted molar refractivity (Wildman–Crippen MR) is 75.2 cm³/mol. The van der Waals surface area contributed by atoms with E-state index in [2.05, 4.69) is 13.8 Å². The fourth-order valence-electron chi connectivity index (χ4n) is 5.49. The average Bonchev–Trinajstić information content (AvgIpc) is 2.89. The highest BCUT2D eigenvalue weighted by atomic mass is 16.3. The zero-order valence-corrected chi connectivity index (χ0v) is 12.1. The van der Waals surface area contributed by atoms with Gasteiger partial charge in [0, 0.05) is 0 Å². The summed E-state index contributed by atoms with van der Waals surface area (Å²) >= 11 is 0. The Morgan fingerprint density at radius 3 is 2.22 bits per heavy atom. The van der Waals surface area contributed by atoms with Crippen LogP contribution in [0, 0.1) is 35.5 Å². The number of rotatable bonds is 3. The monoisotopic (exact) mass is 250 g/mol. The molecular formula is C17H30O. The number of aliphatic hydroxyl groups excluding tert-OH is 1. The molecular weight excluding hydrogens is 220 g/mol. The van der Waals surface area contributed by atoms with Crippen molar-refractivity contribution < 1.29 is 5.11 Å². The second-order valence-corrected chi connectivity index (χ2v) is 7.92. The first-order chi connectivity index (χ1) is 8.61. The van der Waals surface area contributed by atoms with Gasteiger partial charge in [0.2, 0.25) is 0 Å². The van der Waals surface area contributed by atoms with Crippen LogP contribution in [0.25, 0.3) is 0 Å². The van der Waals surface area contributed by atoms with Crippen molar-refractivity contribution in [2.75, 3.05) is 0 Å². The lowest BCUT2D eigenvalue weighted by Gasteiger charge is -2.36. The minimum Gasteiger partial charge on any atom is -0.393 e. The van der Waals surface area contributed by atoms with Crippen LogP contribution in [0.2, 0.25) is 0 Å². The summed E-state index contributed by atoms with van der Waals surface area (Å²) in [6, 6.07) is 0. The molecule has 0 heterocycles. The van der Waals surface area contributed by atoms with Gasteiger partial charge in [0.25, 0.3) is 0 Å². The molecule has 0 spiro atoms. The fourth-order valence-corrected chi connectivity index (χ4v) is 5.49. The number of hydrogen-bond donors (Lipinski definition) is 1. The Bertz CT molecular complexity index is 277. The van der Waals surface area contributed by atoms with Crippen LogP contribution >= 0.6 is 0 Å². The van der Waals surface area contributed by atoms with Crippen LogP contribution in [0.15, 0.2) is 0 Å². The van der Waals surface area contributed by atoms with Gasteiger partial charge in [-0.3, -0.25) is 0 Å². The Morgan fingerprint density at radius 1 is 0.944 bits per heavy atom. The van der Waals surface area contributed by atoms with Gasteiger partial charge in [0.05, 0.1) is 6.10 Å². The molecule has 1 heteroatoms. The van der Waals surface area contributed by atoms with Crippen LogP contribution in [-0.2, 0) is 0 Å². The molecule has 0 aromatic carbocycles. The van der Waals surface area contributed by atoms with Crippen LogP contribution in [0.1, 0.15) is 65.2 Å². The van der Waals surface area contributed by atoms with Gasteiger partial charge in [0.15, 0.2) is 0 Å². The Kier molecular flexibility index (Phi) is 3.71. The Labute approximate surface area is 112 Å². The zero-order chi connectivity index (χ0) is 12.7. The highest BCUT2D eigenvalue weighted by Crippen LogP contribution is 2.50. The van der Waals surface area contributed by atoms with Crippen LogP contribution in [0.5, 0.6) is 0 Å². The molecule has 0 radical (unpaired) electrons. The van der Waals surface area contributed by atoms with Crippen molar-refractivity contribution in [1.82, 2.24) is 0 Å². The van der Waals surface area contributed by atoms with Crippen molar-refractivity contribution in [3.05, 3.63) is 0 Å². The molecule has 3 fully saturated rings. The summed E-state index contributed by atoms with van der Waals surface area (Å²) in [6.07, 6.45) is 10.9. The topological polar surface area (TPSA) is 20.2 Å². The minimum atomic E-state index is -0.000417. The summed E-state index contributed by atoms with van der Waals surface area (Å²) in [7, 11) is 0. The van der Waals surface area contributed by atoms with E-state index in [1.165, 1.54) is 44.9 Å². The molecule has 1 nitrogen and oxygen atoms in total. The summed E-state index contributed by atoms with van der Waals surface area (Å²) in [6.45, 7) is 4.74. The molecule has 0 saturated heterocycles. The SMILES string of the molecule is CC1CC(C)CC(C(O)CC2CC3CCC2C3)C1. The zero-order valence-electron chi connectivity index (χ0n) is 12.1. The van der Waals surface area contributed by atoms with Crippen LogP contribution < -0.4 is 0 Å². The third-order valence-corrected chi connectivity index (χ3v) is 6.19. The molecule has 3 saturated carbocycles. The molecule has 1 N–H and O–H groups in total. The van der Waals surface area contributed by atoms with Crippen molar-refractivity contribution in [3.63, 3.8) is 0 Å². The van der Waals surface area contributed by atoms with E-state index >= 15 is 0 Å². The van der Waals surface area contributed by atoms with E-state index in [0.717, 1.165) is 36.0 Å². The summed E-state index contributed by atoms with van der Waals surface area (Å²) < 4.78 is 0. The Morgan fingerprint density at radius 2 is 1.67 bits per heavy atom. The predicted octanol–water partition coefficient (Wildman–Crippen LogP) is 4.25. The Balaban J connectivity index is 1.53. The van der Waals surface area contributed by atoms with Gasteiger partial charge in [-0.15, -0.1) is 0 Å². The minimum absolute atomic E-state index is 0.000417. The highest BCUT2D eigenvalue weighted by molar-refractivity contribution is 4.92. The fraction of sp³-hybridized carbons (Fsp3) is 1.00. The van der Waals surface area contributed by atoms with Gasteiger partial charge >= 0.3 is 0 Å². The van der Waals surface area contributed by atoms with E-state index < -0.39 is 0 Å². The van der Waals surface area contributed by atoms with Crippen molar-refractivity contribution in [1.29, 1.82) is 0 Å². The van der Waals surface area contributed by atoms with E-state index in [1.807, 2.05) is 0 Å². The first-order valence-corrected chi connectivity index (χ1v) is 8.30. The van der Waals surface area contributed by atoms with Gasteiger partial charge in [-0.2, -0.15) is 0 Å². The lowest BCUT2D eigenvalue weighted by molar-refractivity contribution is 0.0310. The molecule has 0 amide bonds. The van der Waals surface area contributed by atoms with Crippen molar-refractivity contribution in [3.8, 4) is 0 Å². The number of fused-ring (bicyclic) bond motifs is 2. The van der Waals surface area contributed by atoms with E-state index in [4.69, 9.17) is 0 Å². The third-order valence-electron chi connectivity index (χ3n) is 6.19. The van der Waals surface area contributed by atoms with Crippen LogP contribution in [0.4, 0.5) is 0 Å². The van der Waals surface area contributed by atoms with E-state index in [1.54, 1.807) is 0 Å². The summed E-state index contributed by atoms with van der Waals surface area (Å²) in [5.74, 6) is 5.12. The molecule has 6 atom stereocenters. The van der Waals surface area contributed by atoms with Gasteiger partial charge in [-0.25, -0.2) is 0 Å². The van der Waals surface area contributed by atoms with Gasteiger partial charge in [-0.05, 0) is 80.5 Å².